The Hall–Kier alpha value is -1.15. The van der Waals surface area contributed by atoms with Crippen molar-refractivity contribution in [1.82, 2.24) is 10.0 Å². The first-order chi connectivity index (χ1) is 11.2. The molecule has 1 aromatic rings. The van der Waals surface area contributed by atoms with Crippen LogP contribution in [0, 0.1) is 11.8 Å². The first kappa shape index (κ1) is 23.9. The third-order valence-electron chi connectivity index (χ3n) is 3.94. The monoisotopic (exact) mass is 391 g/mol. The number of carbonyl (C=O) groups is 1. The highest BCUT2D eigenvalue weighted by molar-refractivity contribution is 7.89. The van der Waals surface area contributed by atoms with Crippen molar-refractivity contribution in [3.8, 4) is 0 Å². The molecule has 0 spiro atoms. The minimum atomic E-state index is -3.49. The van der Waals surface area contributed by atoms with Crippen molar-refractivity contribution in [2.45, 2.75) is 51.6 Å². The molecular weight excluding hydrogens is 362 g/mol. The summed E-state index contributed by atoms with van der Waals surface area (Å²) in [7, 11) is -3.49. The average molecular weight is 392 g/mol. The van der Waals surface area contributed by atoms with Crippen molar-refractivity contribution < 1.29 is 13.2 Å². The number of nitrogens with two attached hydrogens (primary N) is 1. The quantitative estimate of drug-likeness (QED) is 0.599. The van der Waals surface area contributed by atoms with E-state index >= 15 is 0 Å². The van der Waals surface area contributed by atoms with Gasteiger partial charge in [-0.15, -0.1) is 12.4 Å². The molecule has 0 saturated carbocycles. The molecule has 1 amide bonds. The van der Waals surface area contributed by atoms with Crippen LogP contribution < -0.4 is 15.8 Å². The minimum absolute atomic E-state index is 0. The molecule has 1 rings (SSSR count). The fraction of sp³-hybridized carbons (Fsp3) is 0.588. The van der Waals surface area contributed by atoms with Gasteiger partial charge in [-0.2, -0.15) is 0 Å². The summed E-state index contributed by atoms with van der Waals surface area (Å²) in [4.78, 5) is 12.2. The Kier molecular flexibility index (Phi) is 10.3. The van der Waals surface area contributed by atoms with Crippen LogP contribution in [0.4, 0.5) is 0 Å². The average Bonchev–Trinajstić information content (AvgIpc) is 2.56. The van der Waals surface area contributed by atoms with Crippen LogP contribution in [-0.2, 0) is 21.4 Å². The van der Waals surface area contributed by atoms with Gasteiger partial charge in [0.05, 0.1) is 10.9 Å². The number of amides is 1. The van der Waals surface area contributed by atoms with Crippen LogP contribution in [-0.4, -0.2) is 26.9 Å². The summed E-state index contributed by atoms with van der Waals surface area (Å²) >= 11 is 0. The van der Waals surface area contributed by atoms with Crippen molar-refractivity contribution in [3.63, 3.8) is 0 Å². The molecule has 0 fully saturated rings. The largest absolute Gasteiger partial charge is 0.351 e. The Morgan fingerprint density at radius 2 is 1.72 bits per heavy atom. The van der Waals surface area contributed by atoms with Gasteiger partial charge in [0, 0.05) is 13.1 Å². The van der Waals surface area contributed by atoms with Crippen molar-refractivity contribution in [2.75, 3.05) is 6.54 Å². The van der Waals surface area contributed by atoms with Gasteiger partial charge < -0.3 is 11.1 Å². The van der Waals surface area contributed by atoms with Crippen LogP contribution in [0.2, 0.25) is 0 Å². The van der Waals surface area contributed by atoms with Crippen LogP contribution in [0.25, 0.3) is 0 Å². The number of carbonyl (C=O) groups excluding carboxylic acids is 1. The van der Waals surface area contributed by atoms with Crippen LogP contribution in [0.3, 0.4) is 0 Å². The van der Waals surface area contributed by atoms with Gasteiger partial charge in [0.2, 0.25) is 15.9 Å². The van der Waals surface area contributed by atoms with Gasteiger partial charge in [-0.25, -0.2) is 13.1 Å². The van der Waals surface area contributed by atoms with Gasteiger partial charge in [0.15, 0.2) is 0 Å². The summed E-state index contributed by atoms with van der Waals surface area (Å²) in [6.07, 6.45) is 0.838. The number of hydrogen-bond acceptors (Lipinski definition) is 4. The molecule has 0 radical (unpaired) electrons. The van der Waals surface area contributed by atoms with Crippen LogP contribution in [0.5, 0.6) is 0 Å². The predicted molar refractivity (Wildman–Crippen MR) is 103 cm³/mol. The molecule has 4 N–H and O–H groups in total. The molecule has 2 unspecified atom stereocenters. The molecule has 0 aliphatic rings. The number of rotatable bonds is 9. The molecule has 0 aliphatic heterocycles. The molecular formula is C17H30ClN3O3S. The molecule has 0 bridgehead atoms. The first-order valence-electron chi connectivity index (χ1n) is 8.29. The van der Waals surface area contributed by atoms with Crippen LogP contribution >= 0.6 is 12.4 Å². The molecule has 0 heterocycles. The van der Waals surface area contributed by atoms with E-state index in [0.717, 1.165) is 12.0 Å². The maximum absolute atomic E-state index is 12.1. The zero-order valence-corrected chi connectivity index (χ0v) is 16.9. The summed E-state index contributed by atoms with van der Waals surface area (Å²) < 4.78 is 26.8. The summed E-state index contributed by atoms with van der Waals surface area (Å²) in [5, 5.41) is 2.78. The van der Waals surface area contributed by atoms with E-state index < -0.39 is 16.1 Å². The Morgan fingerprint density at radius 1 is 1.16 bits per heavy atom. The smallest absolute Gasteiger partial charge is 0.240 e. The van der Waals surface area contributed by atoms with E-state index in [4.69, 9.17) is 5.73 Å². The Bertz CT molecular complexity index is 633. The maximum Gasteiger partial charge on any atom is 0.240 e. The van der Waals surface area contributed by atoms with E-state index in [9.17, 15) is 13.2 Å². The minimum Gasteiger partial charge on any atom is -0.351 e. The lowest BCUT2D eigenvalue weighted by molar-refractivity contribution is -0.123. The van der Waals surface area contributed by atoms with Crippen LogP contribution in [0.15, 0.2) is 29.2 Å². The zero-order chi connectivity index (χ0) is 18.3. The zero-order valence-electron chi connectivity index (χ0n) is 15.3. The van der Waals surface area contributed by atoms with E-state index in [1.54, 1.807) is 24.3 Å². The fourth-order valence-corrected chi connectivity index (χ4v) is 3.18. The molecule has 144 valence electrons. The lowest BCUT2D eigenvalue weighted by atomic mass is 9.99. The second-order valence-electron chi connectivity index (χ2n) is 6.52. The fourth-order valence-electron chi connectivity index (χ4n) is 1.97. The molecule has 25 heavy (non-hydrogen) atoms. The molecule has 0 saturated heterocycles. The van der Waals surface area contributed by atoms with Gasteiger partial charge in [-0.05, 0) is 29.5 Å². The second kappa shape index (κ2) is 10.8. The van der Waals surface area contributed by atoms with Crippen molar-refractivity contribution in [2.24, 2.45) is 17.6 Å². The van der Waals surface area contributed by atoms with Gasteiger partial charge >= 0.3 is 0 Å². The third-order valence-corrected chi connectivity index (χ3v) is 5.38. The summed E-state index contributed by atoms with van der Waals surface area (Å²) in [5.74, 6) is 0.160. The van der Waals surface area contributed by atoms with E-state index in [-0.39, 0.29) is 35.0 Å². The predicted octanol–water partition coefficient (Wildman–Crippen LogP) is 2.03. The van der Waals surface area contributed by atoms with Crippen molar-refractivity contribution in [1.29, 1.82) is 0 Å². The topological polar surface area (TPSA) is 101 Å². The molecule has 8 heteroatoms. The van der Waals surface area contributed by atoms with Gasteiger partial charge in [-0.3, -0.25) is 4.79 Å². The number of hydrogen-bond donors (Lipinski definition) is 3. The SMILES string of the molecule is CCC(C)C(N)C(=O)NCc1ccc(S(=O)(=O)NCC(C)C)cc1.Cl. The Balaban J connectivity index is 0.00000576. The molecule has 2 atom stereocenters. The summed E-state index contributed by atoms with van der Waals surface area (Å²) in [5.41, 5.74) is 6.70. The molecule has 0 aliphatic carbocycles. The van der Waals surface area contributed by atoms with E-state index in [1.165, 1.54) is 0 Å². The highest BCUT2D eigenvalue weighted by Crippen LogP contribution is 2.11. The number of benzene rings is 1. The van der Waals surface area contributed by atoms with Gasteiger partial charge in [-0.1, -0.05) is 46.2 Å². The third kappa shape index (κ3) is 7.73. The van der Waals surface area contributed by atoms with Gasteiger partial charge in [0.25, 0.3) is 0 Å². The molecule has 6 nitrogen and oxygen atoms in total. The normalized spacial score (nSPS) is 13.8. The molecule has 1 aromatic carbocycles. The number of sulfonamides is 1. The van der Waals surface area contributed by atoms with E-state index in [2.05, 4.69) is 10.0 Å². The lowest BCUT2D eigenvalue weighted by Gasteiger charge is -2.17. The van der Waals surface area contributed by atoms with Crippen molar-refractivity contribution >= 4 is 28.3 Å². The molecule has 0 aromatic heterocycles. The van der Waals surface area contributed by atoms with E-state index in [0.29, 0.717) is 13.1 Å². The number of halogens is 1. The second-order valence-corrected chi connectivity index (χ2v) is 8.29. The van der Waals surface area contributed by atoms with Crippen LogP contribution in [0.1, 0.15) is 39.7 Å². The van der Waals surface area contributed by atoms with Crippen molar-refractivity contribution in [3.05, 3.63) is 29.8 Å². The summed E-state index contributed by atoms with van der Waals surface area (Å²) in [6.45, 7) is 8.53. The van der Waals surface area contributed by atoms with E-state index in [1.807, 2.05) is 27.7 Å². The first-order valence-corrected chi connectivity index (χ1v) is 9.77. The Labute approximate surface area is 157 Å². The van der Waals surface area contributed by atoms with Gasteiger partial charge in [0.1, 0.15) is 0 Å². The number of nitrogens with one attached hydrogen (secondary N) is 2. The lowest BCUT2D eigenvalue weighted by Crippen LogP contribution is -2.44. The highest BCUT2D eigenvalue weighted by atomic mass is 35.5. The standard InChI is InChI=1S/C17H29N3O3S.ClH/c1-5-13(4)16(18)17(21)19-11-14-6-8-15(9-7-14)24(22,23)20-10-12(2)3;/h6-9,12-13,16,20H,5,10-11,18H2,1-4H3,(H,19,21);1H. The Morgan fingerprint density at radius 3 is 2.20 bits per heavy atom. The summed E-state index contributed by atoms with van der Waals surface area (Å²) in [6, 6.07) is 5.94. The maximum atomic E-state index is 12.1. The highest BCUT2D eigenvalue weighted by Gasteiger charge is 2.19.